The number of nitrogens with zero attached hydrogens (tertiary/aromatic N) is 2. The Labute approximate surface area is 132 Å². The van der Waals surface area contributed by atoms with Crippen molar-refractivity contribution >= 4 is 18.3 Å². The molecular formula is C15H25ClN2O3. The quantitative estimate of drug-likeness (QED) is 0.910. The fraction of sp³-hybridized carbons (Fsp3) is 0.667. The monoisotopic (exact) mass is 316 g/mol. The summed E-state index contributed by atoms with van der Waals surface area (Å²) in [6.07, 6.45) is 2.94. The highest BCUT2D eigenvalue weighted by atomic mass is 35.5. The molecule has 0 atom stereocenters. The van der Waals surface area contributed by atoms with Crippen molar-refractivity contribution in [1.29, 1.82) is 0 Å². The van der Waals surface area contributed by atoms with Crippen molar-refractivity contribution in [2.75, 3.05) is 7.05 Å². The maximum atomic E-state index is 12.4. The number of rotatable bonds is 2. The molecule has 1 amide bonds. The van der Waals surface area contributed by atoms with E-state index in [1.807, 2.05) is 27.7 Å². The van der Waals surface area contributed by atoms with Crippen LogP contribution in [0.3, 0.4) is 0 Å². The molecule has 6 heteroatoms. The fourth-order valence-corrected chi connectivity index (χ4v) is 3.23. The second-order valence-corrected chi connectivity index (χ2v) is 6.89. The van der Waals surface area contributed by atoms with Crippen molar-refractivity contribution in [3.8, 4) is 0 Å². The second kappa shape index (κ2) is 5.99. The number of carbonyl (C=O) groups is 1. The molecule has 1 N–H and O–H groups in total. The molecule has 5 nitrogen and oxygen atoms in total. The van der Waals surface area contributed by atoms with Crippen LogP contribution >= 0.6 is 12.4 Å². The first-order valence-corrected chi connectivity index (χ1v) is 6.95. The largest absolute Gasteiger partial charge is 0.459 e. The Morgan fingerprint density at radius 2 is 1.86 bits per heavy atom. The van der Waals surface area contributed by atoms with Gasteiger partial charge in [0, 0.05) is 24.2 Å². The van der Waals surface area contributed by atoms with Crippen LogP contribution in [0.5, 0.6) is 0 Å². The molecule has 21 heavy (non-hydrogen) atoms. The van der Waals surface area contributed by atoms with Gasteiger partial charge in [-0.05, 0) is 52.7 Å². The van der Waals surface area contributed by atoms with Crippen LogP contribution in [-0.2, 0) is 0 Å². The molecule has 1 aliphatic heterocycles. The highest BCUT2D eigenvalue weighted by Gasteiger charge is 2.46. The standard InChI is InChI=1S/C15H24N2O3.ClH/c1-14(2)9-11(10-15(3,4)17(14)19)16(5)13(18)12-7-6-8-20-12;/h6-8,11,19H,9-10H2,1-5H3;1H. The first-order valence-electron chi connectivity index (χ1n) is 6.95. The first kappa shape index (κ1) is 18.0. The van der Waals surface area contributed by atoms with Crippen molar-refractivity contribution in [3.05, 3.63) is 24.2 Å². The van der Waals surface area contributed by atoms with Crippen LogP contribution in [0.25, 0.3) is 0 Å². The molecule has 0 unspecified atom stereocenters. The van der Waals surface area contributed by atoms with E-state index in [0.717, 1.165) is 12.8 Å². The molecule has 2 heterocycles. The van der Waals surface area contributed by atoms with Gasteiger partial charge in [0.2, 0.25) is 0 Å². The molecule has 0 aromatic carbocycles. The van der Waals surface area contributed by atoms with Gasteiger partial charge < -0.3 is 14.5 Å². The first-order chi connectivity index (χ1) is 9.15. The molecule has 1 aliphatic rings. The normalized spacial score (nSPS) is 21.6. The molecule has 1 aromatic heterocycles. The van der Waals surface area contributed by atoms with E-state index in [1.54, 1.807) is 24.1 Å². The number of piperidine rings is 1. The third-order valence-electron chi connectivity index (χ3n) is 4.22. The van der Waals surface area contributed by atoms with Gasteiger partial charge >= 0.3 is 0 Å². The summed E-state index contributed by atoms with van der Waals surface area (Å²) in [5, 5.41) is 11.7. The lowest BCUT2D eigenvalue weighted by Crippen LogP contribution is -2.63. The van der Waals surface area contributed by atoms with Gasteiger partial charge in [-0.2, -0.15) is 5.06 Å². The number of hydrogen-bond acceptors (Lipinski definition) is 4. The number of hydrogen-bond donors (Lipinski definition) is 1. The van der Waals surface area contributed by atoms with Crippen LogP contribution < -0.4 is 0 Å². The highest BCUT2D eigenvalue weighted by molar-refractivity contribution is 5.91. The summed E-state index contributed by atoms with van der Waals surface area (Å²) >= 11 is 0. The fourth-order valence-electron chi connectivity index (χ4n) is 3.23. The molecule has 2 rings (SSSR count). The van der Waals surface area contributed by atoms with E-state index in [9.17, 15) is 10.0 Å². The van der Waals surface area contributed by atoms with E-state index in [2.05, 4.69) is 0 Å². The molecule has 0 bridgehead atoms. The van der Waals surface area contributed by atoms with Gasteiger partial charge in [-0.15, -0.1) is 12.4 Å². The Morgan fingerprint density at radius 1 is 1.33 bits per heavy atom. The molecule has 0 radical (unpaired) electrons. The van der Waals surface area contributed by atoms with Crippen molar-refractivity contribution in [2.24, 2.45) is 0 Å². The molecule has 120 valence electrons. The zero-order valence-corrected chi connectivity index (χ0v) is 14.1. The topological polar surface area (TPSA) is 56.9 Å². The Bertz CT molecular complexity index is 467. The number of carbonyl (C=O) groups excluding carboxylic acids is 1. The van der Waals surface area contributed by atoms with E-state index in [0.29, 0.717) is 5.76 Å². The smallest absolute Gasteiger partial charge is 0.289 e. The van der Waals surface area contributed by atoms with E-state index in [4.69, 9.17) is 4.42 Å². The van der Waals surface area contributed by atoms with E-state index >= 15 is 0 Å². The van der Waals surface area contributed by atoms with Crippen LogP contribution in [0.2, 0.25) is 0 Å². The summed E-state index contributed by atoms with van der Waals surface area (Å²) in [6, 6.07) is 3.46. The average molecular weight is 317 g/mol. The maximum absolute atomic E-state index is 12.4. The lowest BCUT2D eigenvalue weighted by atomic mass is 9.78. The molecule has 0 aliphatic carbocycles. The van der Waals surface area contributed by atoms with Gasteiger partial charge in [-0.3, -0.25) is 4.79 Å². The van der Waals surface area contributed by atoms with Gasteiger partial charge in [-0.1, -0.05) is 0 Å². The SMILES string of the molecule is CN(C(=O)c1ccco1)C1CC(C)(C)N(O)C(C)(C)C1.Cl. The Balaban J connectivity index is 0.00000220. The molecule has 1 fully saturated rings. The Kier molecular flexibility index (Phi) is 5.13. The molecule has 1 saturated heterocycles. The van der Waals surface area contributed by atoms with Crippen molar-refractivity contribution in [3.63, 3.8) is 0 Å². The van der Waals surface area contributed by atoms with Gasteiger partial charge in [0.1, 0.15) is 0 Å². The zero-order chi connectivity index (χ0) is 15.1. The molecule has 1 aromatic rings. The number of halogens is 1. The minimum atomic E-state index is -0.371. The minimum Gasteiger partial charge on any atom is -0.459 e. The van der Waals surface area contributed by atoms with E-state index in [1.165, 1.54) is 11.3 Å². The molecular weight excluding hydrogens is 292 g/mol. The average Bonchev–Trinajstić information content (AvgIpc) is 2.87. The number of amides is 1. The lowest BCUT2D eigenvalue weighted by Gasteiger charge is -2.53. The van der Waals surface area contributed by atoms with Crippen LogP contribution in [0.4, 0.5) is 0 Å². The Morgan fingerprint density at radius 3 is 2.29 bits per heavy atom. The third-order valence-corrected chi connectivity index (χ3v) is 4.22. The van der Waals surface area contributed by atoms with Gasteiger partial charge in [-0.25, -0.2) is 0 Å². The van der Waals surface area contributed by atoms with Crippen molar-refractivity contribution in [1.82, 2.24) is 9.96 Å². The van der Waals surface area contributed by atoms with Crippen LogP contribution in [0, 0.1) is 0 Å². The summed E-state index contributed by atoms with van der Waals surface area (Å²) in [6.45, 7) is 7.97. The Hall–Kier alpha value is -1.04. The zero-order valence-electron chi connectivity index (χ0n) is 13.3. The van der Waals surface area contributed by atoms with Crippen molar-refractivity contribution < 1.29 is 14.4 Å². The second-order valence-electron chi connectivity index (χ2n) is 6.89. The predicted molar refractivity (Wildman–Crippen MR) is 82.9 cm³/mol. The van der Waals surface area contributed by atoms with Gasteiger partial charge in [0.15, 0.2) is 5.76 Å². The van der Waals surface area contributed by atoms with Gasteiger partial charge in [0.05, 0.1) is 6.26 Å². The van der Waals surface area contributed by atoms with E-state index < -0.39 is 0 Å². The highest BCUT2D eigenvalue weighted by Crippen LogP contribution is 2.38. The van der Waals surface area contributed by atoms with Crippen LogP contribution in [-0.4, -0.2) is 45.2 Å². The minimum absolute atomic E-state index is 0. The van der Waals surface area contributed by atoms with Crippen molar-refractivity contribution in [2.45, 2.75) is 57.7 Å². The molecule has 0 saturated carbocycles. The summed E-state index contributed by atoms with van der Waals surface area (Å²) in [5.74, 6) is 0.243. The third kappa shape index (κ3) is 3.42. The summed E-state index contributed by atoms with van der Waals surface area (Å²) in [4.78, 5) is 14.1. The molecule has 0 spiro atoms. The number of hydroxylamine groups is 2. The summed E-state index contributed by atoms with van der Waals surface area (Å²) in [7, 11) is 1.80. The van der Waals surface area contributed by atoms with Crippen LogP contribution in [0.1, 0.15) is 51.1 Å². The van der Waals surface area contributed by atoms with Crippen LogP contribution in [0.15, 0.2) is 22.8 Å². The van der Waals surface area contributed by atoms with Gasteiger partial charge in [0.25, 0.3) is 5.91 Å². The number of furan rings is 1. The summed E-state index contributed by atoms with van der Waals surface area (Å²) < 4.78 is 5.18. The van der Waals surface area contributed by atoms with E-state index in [-0.39, 0.29) is 35.4 Å². The summed E-state index contributed by atoms with van der Waals surface area (Å²) in [5.41, 5.74) is -0.742. The maximum Gasteiger partial charge on any atom is 0.289 e. The lowest BCUT2D eigenvalue weighted by molar-refractivity contribution is -0.249. The predicted octanol–water partition coefficient (Wildman–Crippen LogP) is 3.18.